The van der Waals surface area contributed by atoms with E-state index in [0.717, 1.165) is 42.1 Å². The molecule has 0 N–H and O–H groups in total. The van der Waals surface area contributed by atoms with Gasteiger partial charge in [0.1, 0.15) is 11.9 Å². The second kappa shape index (κ2) is 9.69. The maximum Gasteiger partial charge on any atom is 0.274 e. The highest BCUT2D eigenvalue weighted by Crippen LogP contribution is 2.33. The maximum atomic E-state index is 13.0. The molecule has 2 aromatic carbocycles. The van der Waals surface area contributed by atoms with Gasteiger partial charge in [-0.05, 0) is 49.6 Å². The third-order valence-electron chi connectivity index (χ3n) is 5.77. The summed E-state index contributed by atoms with van der Waals surface area (Å²) in [4.78, 5) is 19.6. The average Bonchev–Trinajstić information content (AvgIpc) is 3.22. The van der Waals surface area contributed by atoms with Gasteiger partial charge >= 0.3 is 0 Å². The number of hydrogen-bond donors (Lipinski definition) is 0. The van der Waals surface area contributed by atoms with Gasteiger partial charge in [0.15, 0.2) is 0 Å². The number of thiazole rings is 1. The topological polar surface area (TPSA) is 51.7 Å². The van der Waals surface area contributed by atoms with Crippen LogP contribution in [0.2, 0.25) is 0 Å². The van der Waals surface area contributed by atoms with Crippen molar-refractivity contribution in [2.75, 3.05) is 19.7 Å². The van der Waals surface area contributed by atoms with Crippen LogP contribution in [0.1, 0.15) is 54.1 Å². The van der Waals surface area contributed by atoms with E-state index in [1.807, 2.05) is 29.2 Å². The van der Waals surface area contributed by atoms with E-state index in [1.54, 1.807) is 11.3 Å². The van der Waals surface area contributed by atoms with Crippen LogP contribution in [0.5, 0.6) is 10.9 Å². The Hall–Kier alpha value is -2.60. The summed E-state index contributed by atoms with van der Waals surface area (Å²) in [6.07, 6.45) is 3.82. The van der Waals surface area contributed by atoms with Crippen LogP contribution in [0.15, 0.2) is 36.4 Å². The Morgan fingerprint density at radius 1 is 1.16 bits per heavy atom. The van der Waals surface area contributed by atoms with Gasteiger partial charge in [0.05, 0.1) is 16.8 Å². The van der Waals surface area contributed by atoms with Crippen LogP contribution in [0.4, 0.5) is 0 Å². The summed E-state index contributed by atoms with van der Waals surface area (Å²) >= 11 is 1.62. The smallest absolute Gasteiger partial charge is 0.274 e. The molecule has 2 heterocycles. The first kappa shape index (κ1) is 21.6. The summed E-state index contributed by atoms with van der Waals surface area (Å²) in [7, 11) is 0. The lowest BCUT2D eigenvalue weighted by atomic mass is 10.1. The van der Waals surface area contributed by atoms with Gasteiger partial charge in [0, 0.05) is 31.5 Å². The summed E-state index contributed by atoms with van der Waals surface area (Å²) in [5, 5.41) is 0.731. The fraction of sp³-hybridized carbons (Fsp3) is 0.440. The number of ether oxygens (including phenoxy) is 2. The van der Waals surface area contributed by atoms with E-state index in [-0.39, 0.29) is 12.0 Å². The Morgan fingerprint density at radius 3 is 2.68 bits per heavy atom. The molecule has 0 atom stereocenters. The van der Waals surface area contributed by atoms with Crippen LogP contribution in [0.25, 0.3) is 10.2 Å². The number of rotatable bonds is 7. The summed E-state index contributed by atoms with van der Waals surface area (Å²) in [5.41, 5.74) is 4.13. The number of piperidine rings is 1. The third-order valence-corrected chi connectivity index (χ3v) is 6.85. The van der Waals surface area contributed by atoms with E-state index in [2.05, 4.69) is 32.9 Å². The zero-order valence-corrected chi connectivity index (χ0v) is 19.3. The van der Waals surface area contributed by atoms with E-state index in [1.165, 1.54) is 15.8 Å². The Labute approximate surface area is 188 Å². The highest BCUT2D eigenvalue weighted by atomic mass is 32.1. The lowest BCUT2D eigenvalue weighted by Gasteiger charge is -2.31. The Morgan fingerprint density at radius 2 is 1.94 bits per heavy atom. The van der Waals surface area contributed by atoms with Gasteiger partial charge in [0.25, 0.3) is 11.1 Å². The number of aryl methyl sites for hydroxylation is 2. The Bertz CT molecular complexity index is 1020. The number of unbranched alkanes of at least 4 members (excludes halogenated alkanes) is 1. The lowest BCUT2D eigenvalue weighted by molar-refractivity contribution is 0.0595. The highest BCUT2D eigenvalue weighted by molar-refractivity contribution is 7.20. The molecule has 1 amide bonds. The van der Waals surface area contributed by atoms with Gasteiger partial charge in [0.2, 0.25) is 0 Å². The van der Waals surface area contributed by atoms with Gasteiger partial charge in [-0.3, -0.25) is 4.79 Å². The normalized spacial score (nSPS) is 14.7. The lowest BCUT2D eigenvalue weighted by Crippen LogP contribution is -2.41. The van der Waals surface area contributed by atoms with Gasteiger partial charge in [-0.25, -0.2) is 4.98 Å². The van der Waals surface area contributed by atoms with Crippen molar-refractivity contribution in [1.29, 1.82) is 0 Å². The Kier molecular flexibility index (Phi) is 6.76. The van der Waals surface area contributed by atoms with Crippen molar-refractivity contribution in [2.45, 2.75) is 52.6 Å². The van der Waals surface area contributed by atoms with E-state index >= 15 is 0 Å². The molecule has 1 aromatic heterocycles. The monoisotopic (exact) mass is 438 g/mol. The fourth-order valence-electron chi connectivity index (χ4n) is 3.85. The molecule has 164 valence electrons. The molecule has 6 heteroatoms. The molecule has 0 unspecified atom stereocenters. The molecule has 0 aliphatic carbocycles. The van der Waals surface area contributed by atoms with Crippen molar-refractivity contribution in [2.24, 2.45) is 0 Å². The summed E-state index contributed by atoms with van der Waals surface area (Å²) in [6, 6.07) is 11.8. The molecule has 4 rings (SSSR count). The number of carbonyl (C=O) groups excluding carboxylic acids is 1. The molecular formula is C25H30N2O3S. The van der Waals surface area contributed by atoms with Crippen LogP contribution in [0, 0.1) is 13.8 Å². The number of amides is 1. The van der Waals surface area contributed by atoms with E-state index in [9.17, 15) is 4.79 Å². The molecular weight excluding hydrogens is 408 g/mol. The number of aromatic nitrogens is 1. The average molecular weight is 439 g/mol. The molecule has 31 heavy (non-hydrogen) atoms. The minimum atomic E-state index is 0.0608. The van der Waals surface area contributed by atoms with Crippen molar-refractivity contribution < 1.29 is 14.3 Å². The summed E-state index contributed by atoms with van der Waals surface area (Å²) in [5.74, 6) is 0.824. The predicted octanol–water partition coefficient (Wildman–Crippen LogP) is 5.78. The number of fused-ring (bicyclic) bond motifs is 1. The molecule has 0 bridgehead atoms. The minimum absolute atomic E-state index is 0.0608. The molecule has 1 fully saturated rings. The van der Waals surface area contributed by atoms with Crippen LogP contribution in [-0.2, 0) is 0 Å². The predicted molar refractivity (Wildman–Crippen MR) is 125 cm³/mol. The van der Waals surface area contributed by atoms with Crippen molar-refractivity contribution in [3.63, 3.8) is 0 Å². The number of benzene rings is 2. The quantitative estimate of drug-likeness (QED) is 0.439. The minimum Gasteiger partial charge on any atom is -0.494 e. The second-order valence-corrected chi connectivity index (χ2v) is 9.16. The maximum absolute atomic E-state index is 13.0. The number of likely N-dealkylation sites (tertiary alicyclic amines) is 1. The van der Waals surface area contributed by atoms with Gasteiger partial charge in [-0.1, -0.05) is 42.9 Å². The molecule has 0 radical (unpaired) electrons. The zero-order valence-electron chi connectivity index (χ0n) is 18.5. The zero-order chi connectivity index (χ0) is 21.8. The molecule has 0 spiro atoms. The standard InChI is InChI=1S/C25H30N2O3S/c1-4-5-15-29-21-8-6-7-19(16-21)24(28)27-13-11-20(12-14-27)30-25-26-22-17(2)9-10-18(3)23(22)31-25/h6-10,16,20H,4-5,11-15H2,1-3H3. The van der Waals surface area contributed by atoms with Crippen LogP contribution in [-0.4, -0.2) is 41.6 Å². The van der Waals surface area contributed by atoms with Crippen molar-refractivity contribution in [3.05, 3.63) is 53.1 Å². The largest absolute Gasteiger partial charge is 0.494 e. The molecule has 1 aliphatic rings. The fourth-order valence-corrected chi connectivity index (χ4v) is 4.87. The number of nitrogens with zero attached hydrogens (tertiary/aromatic N) is 2. The first-order chi connectivity index (χ1) is 15.0. The van der Waals surface area contributed by atoms with Crippen molar-refractivity contribution in [3.8, 4) is 10.9 Å². The van der Waals surface area contributed by atoms with Crippen LogP contribution < -0.4 is 9.47 Å². The van der Waals surface area contributed by atoms with Crippen molar-refractivity contribution >= 4 is 27.5 Å². The van der Waals surface area contributed by atoms with E-state index in [4.69, 9.17) is 14.5 Å². The Balaban J connectivity index is 1.34. The van der Waals surface area contributed by atoms with Crippen LogP contribution >= 0.6 is 11.3 Å². The first-order valence-corrected chi connectivity index (χ1v) is 11.9. The molecule has 5 nitrogen and oxygen atoms in total. The molecule has 1 aliphatic heterocycles. The highest BCUT2D eigenvalue weighted by Gasteiger charge is 2.26. The van der Waals surface area contributed by atoms with Gasteiger partial charge in [-0.15, -0.1) is 0 Å². The van der Waals surface area contributed by atoms with Gasteiger partial charge in [-0.2, -0.15) is 0 Å². The number of hydrogen-bond acceptors (Lipinski definition) is 5. The van der Waals surface area contributed by atoms with E-state index in [0.29, 0.717) is 25.3 Å². The van der Waals surface area contributed by atoms with Crippen LogP contribution in [0.3, 0.4) is 0 Å². The van der Waals surface area contributed by atoms with E-state index < -0.39 is 0 Å². The third kappa shape index (κ3) is 5.01. The molecule has 1 saturated heterocycles. The first-order valence-electron chi connectivity index (χ1n) is 11.1. The summed E-state index contributed by atoms with van der Waals surface area (Å²) in [6.45, 7) is 8.38. The molecule has 0 saturated carbocycles. The number of carbonyl (C=O) groups is 1. The van der Waals surface area contributed by atoms with Gasteiger partial charge < -0.3 is 14.4 Å². The SMILES string of the molecule is CCCCOc1cccc(C(=O)N2CCC(Oc3nc4c(C)ccc(C)c4s3)CC2)c1. The summed E-state index contributed by atoms with van der Waals surface area (Å²) < 4.78 is 13.2. The van der Waals surface area contributed by atoms with Crippen molar-refractivity contribution in [1.82, 2.24) is 9.88 Å². The molecule has 3 aromatic rings. The second-order valence-electron chi connectivity index (χ2n) is 8.20.